The molecule has 28 heteroatoms. The lowest BCUT2D eigenvalue weighted by atomic mass is 10.0. The summed E-state index contributed by atoms with van der Waals surface area (Å²) in [6.45, 7) is 1.43. The molecule has 0 aliphatic heterocycles. The number of carbonyl (C=O) groups excluding carboxylic acids is 10. The topological polar surface area (TPSA) is 476 Å². The monoisotopic (exact) mass is 976 g/mol. The molecule has 10 amide bonds. The molecular formula is C41H60N12O16. The minimum absolute atomic E-state index is 0.204. The quantitative estimate of drug-likeness (QED) is 0.0346. The second-order valence-corrected chi connectivity index (χ2v) is 16.0. The molecule has 0 bridgehead atoms. The average Bonchev–Trinajstić information content (AvgIpc) is 3.69. The SMILES string of the molecule is CC(C)[C@H](NC(=O)[C@H](C)NC(=O)CNC(=O)[C@H](CO)NC(=O)[C@H](CCC(N)=O)NC(=O)[C@H](CC(=O)O)NC(=O)[C@H](Cc1c[nH]c2ccccc12)NC(=O)[C@H](CO)NC(=O)[C@@H](N)CCC(N)=O)C(=O)O. The first-order valence-corrected chi connectivity index (χ1v) is 21.3. The van der Waals surface area contributed by atoms with Crippen molar-refractivity contribution in [3.05, 3.63) is 36.0 Å². The van der Waals surface area contributed by atoms with Crippen LogP contribution in [0, 0.1) is 5.92 Å². The van der Waals surface area contributed by atoms with E-state index in [1.54, 1.807) is 38.1 Å². The summed E-state index contributed by atoms with van der Waals surface area (Å²) >= 11 is 0. The highest BCUT2D eigenvalue weighted by atomic mass is 16.4. The van der Waals surface area contributed by atoms with E-state index < -0.39 is 164 Å². The number of rotatable bonds is 30. The Bertz CT molecular complexity index is 2220. The molecular weight excluding hydrogens is 917 g/mol. The fraction of sp³-hybridized carbons (Fsp3) is 0.512. The summed E-state index contributed by atoms with van der Waals surface area (Å²) in [5.41, 5.74) is 17.2. The standard InChI is InChI=1S/C41H60N12O16/c1-18(2)33(41(68)69)53-34(61)19(3)47-31(58)15-46-36(63)27(16-54)52-37(64)24(9-11-30(44)57)48-39(66)26(13-32(59)60)50-38(65)25(12-20-14-45-23-7-5-4-6-21(20)23)49-40(67)28(17-55)51-35(62)22(42)8-10-29(43)56/h4-7,14,18-19,22,24-28,33,45,54-55H,8-13,15-17,42H2,1-3H3,(H2,43,56)(H2,44,57)(H,46,63)(H,47,58)(H,48,66)(H,49,67)(H,50,65)(H,51,62)(H,52,64)(H,53,61)(H,59,60)(H,68,69)/t19-,22-,24-,25-,26-,27-,28-,33-/m0/s1. The zero-order valence-corrected chi connectivity index (χ0v) is 37.9. The van der Waals surface area contributed by atoms with E-state index in [4.69, 9.17) is 17.2 Å². The fourth-order valence-electron chi connectivity index (χ4n) is 6.29. The summed E-state index contributed by atoms with van der Waals surface area (Å²) in [7, 11) is 0. The summed E-state index contributed by atoms with van der Waals surface area (Å²) in [6, 6.07) is -6.08. The van der Waals surface area contributed by atoms with Crippen LogP contribution >= 0.6 is 0 Å². The van der Waals surface area contributed by atoms with Crippen molar-refractivity contribution in [2.75, 3.05) is 19.8 Å². The summed E-state index contributed by atoms with van der Waals surface area (Å²) in [4.78, 5) is 155. The van der Waals surface area contributed by atoms with Crippen LogP contribution in [0.3, 0.4) is 0 Å². The Morgan fingerprint density at radius 1 is 0.609 bits per heavy atom. The van der Waals surface area contributed by atoms with Crippen LogP contribution < -0.4 is 59.7 Å². The molecule has 1 aromatic carbocycles. The van der Waals surface area contributed by atoms with Gasteiger partial charge in [-0.15, -0.1) is 0 Å². The second kappa shape index (κ2) is 27.8. The number of aliphatic hydroxyl groups is 2. The molecule has 0 radical (unpaired) electrons. The lowest BCUT2D eigenvalue weighted by Crippen LogP contribution is -2.60. The number of carboxylic acid groups (broad SMARTS) is 2. The third-order valence-electron chi connectivity index (χ3n) is 10.2. The molecule has 0 aliphatic rings. The fourth-order valence-corrected chi connectivity index (χ4v) is 6.29. The summed E-state index contributed by atoms with van der Waals surface area (Å²) in [5, 5.41) is 57.3. The van der Waals surface area contributed by atoms with Crippen LogP contribution in [-0.4, -0.2) is 165 Å². The number of aromatic nitrogens is 1. The van der Waals surface area contributed by atoms with Crippen LogP contribution in [0.15, 0.2) is 30.5 Å². The molecule has 380 valence electrons. The number of hydrogen-bond donors (Lipinski definition) is 16. The van der Waals surface area contributed by atoms with Gasteiger partial charge in [0.25, 0.3) is 0 Å². The zero-order valence-electron chi connectivity index (χ0n) is 37.9. The van der Waals surface area contributed by atoms with Gasteiger partial charge in [-0.1, -0.05) is 32.0 Å². The Hall–Kier alpha value is -7.72. The highest BCUT2D eigenvalue weighted by Gasteiger charge is 2.35. The van der Waals surface area contributed by atoms with Gasteiger partial charge in [0, 0.05) is 36.4 Å². The number of nitrogens with two attached hydrogens (primary N) is 3. The van der Waals surface area contributed by atoms with Gasteiger partial charge in [-0.05, 0) is 37.3 Å². The molecule has 1 heterocycles. The molecule has 28 nitrogen and oxygen atoms in total. The number of hydrogen-bond acceptors (Lipinski definition) is 15. The van der Waals surface area contributed by atoms with Gasteiger partial charge in [0.15, 0.2) is 0 Å². The maximum Gasteiger partial charge on any atom is 0.326 e. The Kier molecular flexibility index (Phi) is 23.1. The largest absolute Gasteiger partial charge is 0.481 e. The highest BCUT2D eigenvalue weighted by molar-refractivity contribution is 5.99. The van der Waals surface area contributed by atoms with Crippen LogP contribution in [0.1, 0.15) is 58.4 Å². The first-order chi connectivity index (χ1) is 32.4. The average molecular weight is 977 g/mol. The molecule has 8 atom stereocenters. The van der Waals surface area contributed by atoms with Gasteiger partial charge in [-0.25, -0.2) is 4.79 Å². The molecule has 0 saturated carbocycles. The highest BCUT2D eigenvalue weighted by Crippen LogP contribution is 2.19. The first-order valence-electron chi connectivity index (χ1n) is 21.3. The number of carboxylic acids is 2. The van der Waals surface area contributed by atoms with E-state index in [-0.39, 0.29) is 19.3 Å². The number of para-hydroxylation sites is 1. The normalized spacial score (nSPS) is 14.5. The van der Waals surface area contributed by atoms with Crippen molar-refractivity contribution in [1.82, 2.24) is 47.5 Å². The Labute approximate surface area is 393 Å². The van der Waals surface area contributed by atoms with E-state index in [2.05, 4.69) is 47.5 Å². The van der Waals surface area contributed by atoms with Gasteiger partial charge in [-0.2, -0.15) is 0 Å². The zero-order chi connectivity index (χ0) is 52.1. The van der Waals surface area contributed by atoms with Crippen molar-refractivity contribution in [1.29, 1.82) is 0 Å². The van der Waals surface area contributed by atoms with Crippen molar-refractivity contribution in [3.63, 3.8) is 0 Å². The number of benzene rings is 1. The van der Waals surface area contributed by atoms with E-state index in [0.29, 0.717) is 16.5 Å². The number of aromatic amines is 1. The third kappa shape index (κ3) is 19.2. The number of aliphatic hydroxyl groups excluding tert-OH is 2. The van der Waals surface area contributed by atoms with Crippen LogP contribution in [0.25, 0.3) is 10.9 Å². The predicted octanol–water partition coefficient (Wildman–Crippen LogP) is -6.70. The molecule has 0 fully saturated rings. The maximum absolute atomic E-state index is 14.0. The summed E-state index contributed by atoms with van der Waals surface area (Å²) in [5.74, 6) is -13.9. The van der Waals surface area contributed by atoms with Crippen LogP contribution in [0.5, 0.6) is 0 Å². The number of aliphatic carboxylic acids is 2. The van der Waals surface area contributed by atoms with Gasteiger partial charge >= 0.3 is 11.9 Å². The van der Waals surface area contributed by atoms with Crippen molar-refractivity contribution in [2.24, 2.45) is 23.1 Å². The lowest BCUT2D eigenvalue weighted by molar-refractivity contribution is -0.143. The van der Waals surface area contributed by atoms with E-state index in [1.165, 1.54) is 13.1 Å². The smallest absolute Gasteiger partial charge is 0.326 e. The lowest BCUT2D eigenvalue weighted by Gasteiger charge is -2.26. The number of primary amides is 2. The molecule has 0 aliphatic carbocycles. The molecule has 19 N–H and O–H groups in total. The number of amides is 10. The van der Waals surface area contributed by atoms with Gasteiger partial charge in [0.1, 0.15) is 42.3 Å². The summed E-state index contributed by atoms with van der Waals surface area (Å²) in [6.07, 6.45) is -1.57. The molecule has 2 rings (SSSR count). The number of carbonyl (C=O) groups is 12. The second-order valence-electron chi connectivity index (χ2n) is 16.0. The van der Waals surface area contributed by atoms with E-state index in [1.807, 2.05) is 0 Å². The van der Waals surface area contributed by atoms with Crippen LogP contribution in [-0.2, 0) is 64.0 Å². The van der Waals surface area contributed by atoms with E-state index >= 15 is 0 Å². The van der Waals surface area contributed by atoms with Crippen molar-refractivity contribution < 1.29 is 78.0 Å². The minimum Gasteiger partial charge on any atom is -0.481 e. The number of fused-ring (bicyclic) bond motifs is 1. The molecule has 0 unspecified atom stereocenters. The van der Waals surface area contributed by atoms with Gasteiger partial charge in [0.2, 0.25) is 59.1 Å². The Morgan fingerprint density at radius 2 is 1.12 bits per heavy atom. The summed E-state index contributed by atoms with van der Waals surface area (Å²) < 4.78 is 0. The van der Waals surface area contributed by atoms with Crippen molar-refractivity contribution in [3.8, 4) is 0 Å². The van der Waals surface area contributed by atoms with Crippen molar-refractivity contribution >= 4 is 81.9 Å². The van der Waals surface area contributed by atoms with Gasteiger partial charge < -0.3 is 85.1 Å². The molecule has 69 heavy (non-hydrogen) atoms. The number of H-pyrrole nitrogens is 1. The molecule has 0 spiro atoms. The predicted molar refractivity (Wildman–Crippen MR) is 238 cm³/mol. The molecule has 0 saturated heterocycles. The number of nitrogens with one attached hydrogen (secondary N) is 9. The Morgan fingerprint density at radius 3 is 1.70 bits per heavy atom. The van der Waals surface area contributed by atoms with E-state index in [9.17, 15) is 78.0 Å². The van der Waals surface area contributed by atoms with Crippen LogP contribution in [0.4, 0.5) is 0 Å². The minimum atomic E-state index is -2.02. The molecule has 2 aromatic rings. The molecule has 1 aromatic heterocycles. The maximum atomic E-state index is 14.0. The van der Waals surface area contributed by atoms with Crippen LogP contribution in [0.2, 0.25) is 0 Å². The van der Waals surface area contributed by atoms with Gasteiger partial charge in [0.05, 0.1) is 32.2 Å². The first kappa shape index (κ1) is 57.4. The third-order valence-corrected chi connectivity index (χ3v) is 10.2. The van der Waals surface area contributed by atoms with Crippen molar-refractivity contribution in [2.45, 2.75) is 108 Å². The van der Waals surface area contributed by atoms with Gasteiger partial charge in [-0.3, -0.25) is 52.7 Å². The van der Waals surface area contributed by atoms with E-state index in [0.717, 1.165) is 0 Å². The Balaban J connectivity index is 2.30.